The quantitative estimate of drug-likeness (QED) is 0.699. The highest BCUT2D eigenvalue weighted by Crippen LogP contribution is 2.27. The van der Waals surface area contributed by atoms with Gasteiger partial charge in [-0.3, -0.25) is 5.01 Å². The molecule has 4 heteroatoms. The number of aromatic amines is 1. The molecule has 1 unspecified atom stereocenters. The molecular weight excluding hydrogens is 178 g/mol. The Kier molecular flexibility index (Phi) is 1.96. The van der Waals surface area contributed by atoms with Crippen LogP contribution in [0.3, 0.4) is 0 Å². The second kappa shape index (κ2) is 3.29. The van der Waals surface area contributed by atoms with Crippen LogP contribution < -0.4 is 10.4 Å². The number of nitrogens with zero attached hydrogens (tertiary/aromatic N) is 1. The molecule has 2 N–H and O–H groups in total. The Morgan fingerprint density at radius 1 is 1.50 bits per heavy atom. The van der Waals surface area contributed by atoms with Crippen molar-refractivity contribution in [1.29, 1.82) is 0 Å². The van der Waals surface area contributed by atoms with Gasteiger partial charge in [-0.15, -0.1) is 0 Å². The van der Waals surface area contributed by atoms with Crippen LogP contribution in [0.1, 0.15) is 18.4 Å². The molecule has 1 atom stereocenters. The number of nitrogens with one attached hydrogen (secondary N) is 2. The van der Waals surface area contributed by atoms with Crippen molar-refractivity contribution in [3.63, 3.8) is 0 Å². The average molecular weight is 193 g/mol. The van der Waals surface area contributed by atoms with Gasteiger partial charge in [-0.1, -0.05) is 0 Å². The summed E-state index contributed by atoms with van der Waals surface area (Å²) in [5.41, 5.74) is 4.75. The number of anilines is 1. The Bertz CT molecular complexity index is 317. The summed E-state index contributed by atoms with van der Waals surface area (Å²) in [6.45, 7) is 2.70. The first-order valence-electron chi connectivity index (χ1n) is 5.22. The Balaban J connectivity index is 1.80. The summed E-state index contributed by atoms with van der Waals surface area (Å²) in [5, 5.41) is 2.23. The lowest BCUT2D eigenvalue weighted by Crippen LogP contribution is -2.46. The molecule has 2 aliphatic rings. The van der Waals surface area contributed by atoms with Crippen molar-refractivity contribution < 1.29 is 4.74 Å². The van der Waals surface area contributed by atoms with E-state index in [4.69, 9.17) is 4.74 Å². The second-order valence-corrected chi connectivity index (χ2v) is 3.93. The summed E-state index contributed by atoms with van der Waals surface area (Å²) in [6, 6.07) is 2.62. The molecule has 0 bridgehead atoms. The number of hydrogen-bond donors (Lipinski definition) is 2. The molecule has 0 saturated carbocycles. The van der Waals surface area contributed by atoms with Gasteiger partial charge in [-0.05, 0) is 18.9 Å². The van der Waals surface area contributed by atoms with Crippen molar-refractivity contribution in [3.05, 3.63) is 17.8 Å². The topological polar surface area (TPSA) is 40.3 Å². The zero-order chi connectivity index (χ0) is 9.38. The number of aromatic nitrogens is 1. The molecule has 0 radical (unpaired) electrons. The molecule has 0 aliphatic carbocycles. The third-order valence-corrected chi connectivity index (χ3v) is 2.99. The first-order valence-corrected chi connectivity index (χ1v) is 5.22. The van der Waals surface area contributed by atoms with E-state index < -0.39 is 0 Å². The lowest BCUT2D eigenvalue weighted by Gasteiger charge is -2.31. The van der Waals surface area contributed by atoms with Gasteiger partial charge in [-0.2, -0.15) is 0 Å². The summed E-state index contributed by atoms with van der Waals surface area (Å²) in [4.78, 5) is 3.27. The minimum absolute atomic E-state index is 0.489. The van der Waals surface area contributed by atoms with E-state index in [1.807, 2.05) is 6.20 Å². The van der Waals surface area contributed by atoms with Gasteiger partial charge in [0.2, 0.25) is 0 Å². The van der Waals surface area contributed by atoms with Crippen LogP contribution >= 0.6 is 0 Å². The highest BCUT2D eigenvalue weighted by atomic mass is 16.5. The molecule has 1 saturated heterocycles. The molecular formula is C10H15N3O. The summed E-state index contributed by atoms with van der Waals surface area (Å²) in [7, 11) is 0. The summed E-state index contributed by atoms with van der Waals surface area (Å²) >= 11 is 0. The molecule has 4 nitrogen and oxygen atoms in total. The van der Waals surface area contributed by atoms with Crippen LogP contribution in [0.2, 0.25) is 0 Å². The van der Waals surface area contributed by atoms with E-state index in [0.29, 0.717) is 6.04 Å². The van der Waals surface area contributed by atoms with E-state index in [1.54, 1.807) is 0 Å². The Morgan fingerprint density at radius 3 is 3.36 bits per heavy atom. The summed E-state index contributed by atoms with van der Waals surface area (Å²) < 4.78 is 5.49. The molecule has 2 aliphatic heterocycles. The van der Waals surface area contributed by atoms with Crippen molar-refractivity contribution >= 4 is 5.82 Å². The normalized spacial score (nSPS) is 26.6. The standard InChI is InChI=1S/C10H15N3O/c1-2-9(7-14-5-1)13-10-8(6-12-13)3-4-11-10/h3-4,9,11-12H,1-2,5-7H2. The number of ether oxygens (including phenoxy) is 1. The van der Waals surface area contributed by atoms with E-state index >= 15 is 0 Å². The van der Waals surface area contributed by atoms with Crippen LogP contribution in [-0.4, -0.2) is 24.2 Å². The molecule has 0 aromatic carbocycles. The molecule has 3 rings (SSSR count). The fourth-order valence-electron chi connectivity index (χ4n) is 2.25. The van der Waals surface area contributed by atoms with Crippen molar-refractivity contribution in [3.8, 4) is 0 Å². The van der Waals surface area contributed by atoms with E-state index in [-0.39, 0.29) is 0 Å². The van der Waals surface area contributed by atoms with Crippen molar-refractivity contribution in [1.82, 2.24) is 10.4 Å². The van der Waals surface area contributed by atoms with E-state index in [0.717, 1.165) is 19.8 Å². The molecule has 3 heterocycles. The van der Waals surface area contributed by atoms with Gasteiger partial charge in [0.15, 0.2) is 0 Å². The highest BCUT2D eigenvalue weighted by Gasteiger charge is 2.28. The molecule has 14 heavy (non-hydrogen) atoms. The summed E-state index contributed by atoms with van der Waals surface area (Å²) in [6.07, 6.45) is 4.38. The van der Waals surface area contributed by atoms with Gasteiger partial charge in [0.1, 0.15) is 5.82 Å². The number of hydrogen-bond acceptors (Lipinski definition) is 3. The van der Waals surface area contributed by atoms with E-state index in [2.05, 4.69) is 21.5 Å². The average Bonchev–Trinajstić information content (AvgIpc) is 2.79. The van der Waals surface area contributed by atoms with Crippen LogP contribution in [0, 0.1) is 0 Å². The van der Waals surface area contributed by atoms with E-state index in [1.165, 1.54) is 24.2 Å². The number of fused-ring (bicyclic) bond motifs is 1. The van der Waals surface area contributed by atoms with Crippen molar-refractivity contribution in [2.45, 2.75) is 25.4 Å². The van der Waals surface area contributed by atoms with Gasteiger partial charge in [0.25, 0.3) is 0 Å². The lowest BCUT2D eigenvalue weighted by molar-refractivity contribution is 0.0766. The maximum Gasteiger partial charge on any atom is 0.125 e. The predicted molar refractivity (Wildman–Crippen MR) is 54.0 cm³/mol. The van der Waals surface area contributed by atoms with Crippen LogP contribution in [0.15, 0.2) is 12.3 Å². The number of rotatable bonds is 1. The molecule has 76 valence electrons. The predicted octanol–water partition coefficient (Wildman–Crippen LogP) is 1.02. The van der Waals surface area contributed by atoms with Crippen LogP contribution in [0.5, 0.6) is 0 Å². The van der Waals surface area contributed by atoms with E-state index in [9.17, 15) is 0 Å². The Morgan fingerprint density at radius 2 is 2.50 bits per heavy atom. The molecule has 1 aromatic heterocycles. The lowest BCUT2D eigenvalue weighted by atomic mass is 10.1. The van der Waals surface area contributed by atoms with Crippen molar-refractivity contribution in [2.24, 2.45) is 0 Å². The minimum atomic E-state index is 0.489. The third-order valence-electron chi connectivity index (χ3n) is 2.99. The number of hydrazine groups is 1. The second-order valence-electron chi connectivity index (χ2n) is 3.93. The van der Waals surface area contributed by atoms with Gasteiger partial charge >= 0.3 is 0 Å². The van der Waals surface area contributed by atoms with Crippen LogP contribution in [-0.2, 0) is 11.3 Å². The Labute approximate surface area is 83.2 Å². The molecule has 0 amide bonds. The van der Waals surface area contributed by atoms with Gasteiger partial charge < -0.3 is 9.72 Å². The van der Waals surface area contributed by atoms with Crippen LogP contribution in [0.25, 0.3) is 0 Å². The monoisotopic (exact) mass is 193 g/mol. The highest BCUT2D eigenvalue weighted by molar-refractivity contribution is 5.51. The van der Waals surface area contributed by atoms with Gasteiger partial charge in [-0.25, -0.2) is 5.43 Å². The molecule has 1 fully saturated rings. The smallest absolute Gasteiger partial charge is 0.125 e. The molecule has 0 spiro atoms. The molecule has 1 aromatic rings. The largest absolute Gasteiger partial charge is 0.379 e. The zero-order valence-corrected chi connectivity index (χ0v) is 8.12. The zero-order valence-electron chi connectivity index (χ0n) is 8.12. The van der Waals surface area contributed by atoms with Crippen molar-refractivity contribution in [2.75, 3.05) is 18.2 Å². The van der Waals surface area contributed by atoms with Crippen LogP contribution in [0.4, 0.5) is 5.82 Å². The fraction of sp³-hybridized carbons (Fsp3) is 0.600. The van der Waals surface area contributed by atoms with Gasteiger partial charge in [0.05, 0.1) is 12.6 Å². The minimum Gasteiger partial charge on any atom is -0.379 e. The fourth-order valence-corrected chi connectivity index (χ4v) is 2.25. The first kappa shape index (κ1) is 8.32. The third kappa shape index (κ3) is 1.22. The SMILES string of the molecule is c1cc2c([nH]1)N(C1CCCOC1)NC2. The maximum absolute atomic E-state index is 5.49. The number of H-pyrrole nitrogens is 1. The Hall–Kier alpha value is -1.00. The summed E-state index contributed by atoms with van der Waals surface area (Å²) in [5.74, 6) is 1.22. The van der Waals surface area contributed by atoms with Gasteiger partial charge in [0, 0.05) is 24.9 Å². The first-order chi connectivity index (χ1) is 6.95. The maximum atomic E-state index is 5.49.